The number of aliphatic carboxylic acids is 1. The zero-order valence-electron chi connectivity index (χ0n) is 8.45. The van der Waals surface area contributed by atoms with E-state index in [0.29, 0.717) is 5.69 Å². The smallest absolute Gasteiger partial charge is 0.320 e. The van der Waals surface area contributed by atoms with Crippen molar-refractivity contribution in [2.45, 2.75) is 19.0 Å². The van der Waals surface area contributed by atoms with Gasteiger partial charge in [-0.3, -0.25) is 9.78 Å². The number of aromatic nitrogens is 1. The summed E-state index contributed by atoms with van der Waals surface area (Å²) in [6.07, 6.45) is 1.76. The first-order valence-corrected chi connectivity index (χ1v) is 4.56. The first-order chi connectivity index (χ1) is 7.63. The van der Waals surface area contributed by atoms with E-state index in [-0.39, 0.29) is 13.0 Å². The van der Waals surface area contributed by atoms with Crippen molar-refractivity contribution >= 4 is 5.97 Å². The molecule has 0 aliphatic heterocycles. The summed E-state index contributed by atoms with van der Waals surface area (Å²) in [5, 5.41) is 12.0. The Morgan fingerprint density at radius 3 is 2.94 bits per heavy atom. The van der Waals surface area contributed by atoms with Gasteiger partial charge < -0.3 is 10.8 Å². The molecule has 7 heteroatoms. The van der Waals surface area contributed by atoms with E-state index < -0.39 is 12.0 Å². The summed E-state index contributed by atoms with van der Waals surface area (Å²) in [5.41, 5.74) is 14.8. The number of carboxylic acid groups (broad SMARTS) is 1. The fourth-order valence-electron chi connectivity index (χ4n) is 1.11. The molecule has 3 N–H and O–H groups in total. The Morgan fingerprint density at radius 1 is 1.69 bits per heavy atom. The molecule has 0 saturated heterocycles. The molecule has 0 aromatic carbocycles. The number of azide groups is 1. The molecule has 1 rings (SSSR count). The number of hydrogen-bond acceptors (Lipinski definition) is 4. The third-order valence-electron chi connectivity index (χ3n) is 1.95. The number of nitrogens with two attached hydrogens (primary N) is 1. The van der Waals surface area contributed by atoms with Crippen molar-refractivity contribution in [2.75, 3.05) is 0 Å². The maximum Gasteiger partial charge on any atom is 0.320 e. The monoisotopic (exact) mass is 221 g/mol. The van der Waals surface area contributed by atoms with Crippen LogP contribution in [0.1, 0.15) is 11.3 Å². The summed E-state index contributed by atoms with van der Waals surface area (Å²) in [7, 11) is 0. The van der Waals surface area contributed by atoms with Crippen LogP contribution in [0.5, 0.6) is 0 Å². The Hall–Kier alpha value is -2.11. The Labute approximate surface area is 91.5 Å². The first kappa shape index (κ1) is 12.0. The average molecular weight is 221 g/mol. The van der Waals surface area contributed by atoms with Gasteiger partial charge in [-0.25, -0.2) is 0 Å². The summed E-state index contributed by atoms with van der Waals surface area (Å²) in [5.74, 6) is -1.04. The molecule has 0 aliphatic carbocycles. The molecule has 0 fully saturated rings. The fourth-order valence-corrected chi connectivity index (χ4v) is 1.11. The van der Waals surface area contributed by atoms with Crippen molar-refractivity contribution in [3.63, 3.8) is 0 Å². The summed E-state index contributed by atoms with van der Waals surface area (Å²) >= 11 is 0. The highest BCUT2D eigenvalue weighted by molar-refractivity contribution is 5.73. The molecule has 0 bridgehead atoms. The van der Waals surface area contributed by atoms with Crippen LogP contribution in [0.4, 0.5) is 0 Å². The highest BCUT2D eigenvalue weighted by Gasteiger charge is 2.11. The summed E-state index contributed by atoms with van der Waals surface area (Å²) < 4.78 is 0. The Bertz CT molecular complexity index is 410. The van der Waals surface area contributed by atoms with Crippen molar-refractivity contribution < 1.29 is 9.90 Å². The molecule has 1 atom stereocenters. The van der Waals surface area contributed by atoms with Crippen LogP contribution < -0.4 is 5.73 Å². The van der Waals surface area contributed by atoms with Crippen LogP contribution in [-0.2, 0) is 17.8 Å². The van der Waals surface area contributed by atoms with Crippen molar-refractivity contribution in [1.82, 2.24) is 4.98 Å². The van der Waals surface area contributed by atoms with Crippen molar-refractivity contribution in [3.05, 3.63) is 40.0 Å². The van der Waals surface area contributed by atoms with E-state index in [1.165, 1.54) is 6.20 Å². The van der Waals surface area contributed by atoms with Crippen LogP contribution in [-0.4, -0.2) is 22.1 Å². The minimum atomic E-state index is -1.04. The number of hydrogen-bond donors (Lipinski definition) is 2. The Kier molecular flexibility index (Phi) is 4.26. The number of pyridine rings is 1. The Balaban J connectivity index is 2.64. The molecule has 1 heterocycles. The topological polar surface area (TPSA) is 125 Å². The minimum Gasteiger partial charge on any atom is -0.480 e. The second-order valence-corrected chi connectivity index (χ2v) is 3.20. The molecule has 0 aliphatic rings. The highest BCUT2D eigenvalue weighted by Crippen LogP contribution is 2.04. The van der Waals surface area contributed by atoms with E-state index in [1.807, 2.05) is 0 Å². The van der Waals surface area contributed by atoms with Crippen LogP contribution in [0.2, 0.25) is 0 Å². The van der Waals surface area contributed by atoms with Crippen LogP contribution in [0, 0.1) is 0 Å². The maximum absolute atomic E-state index is 10.5. The molecule has 1 aromatic rings. The van der Waals surface area contributed by atoms with Crippen LogP contribution in [0.25, 0.3) is 10.4 Å². The van der Waals surface area contributed by atoms with Gasteiger partial charge in [-0.1, -0.05) is 11.2 Å². The summed E-state index contributed by atoms with van der Waals surface area (Å²) in [6.45, 7) is 0.182. The molecule has 0 amide bonds. The van der Waals surface area contributed by atoms with Gasteiger partial charge in [-0.05, 0) is 23.6 Å². The van der Waals surface area contributed by atoms with E-state index in [4.69, 9.17) is 16.4 Å². The van der Waals surface area contributed by atoms with Gasteiger partial charge in [0.2, 0.25) is 0 Å². The molecular weight excluding hydrogens is 210 g/mol. The van der Waals surface area contributed by atoms with Gasteiger partial charge in [0.1, 0.15) is 6.04 Å². The highest BCUT2D eigenvalue weighted by atomic mass is 16.4. The van der Waals surface area contributed by atoms with Crippen LogP contribution in [0.3, 0.4) is 0 Å². The lowest BCUT2D eigenvalue weighted by Crippen LogP contribution is -2.32. The normalized spacial score (nSPS) is 11.6. The lowest BCUT2D eigenvalue weighted by molar-refractivity contribution is -0.138. The third kappa shape index (κ3) is 3.56. The van der Waals surface area contributed by atoms with Gasteiger partial charge in [-0.2, -0.15) is 0 Å². The maximum atomic E-state index is 10.5. The van der Waals surface area contributed by atoms with Gasteiger partial charge in [-0.15, -0.1) is 0 Å². The zero-order valence-corrected chi connectivity index (χ0v) is 8.45. The van der Waals surface area contributed by atoms with Crippen molar-refractivity contribution in [2.24, 2.45) is 10.8 Å². The SMILES string of the molecule is [N-]=[N+]=NCc1ccc(C[C@H](N)C(=O)O)cn1. The van der Waals surface area contributed by atoms with Crippen LogP contribution >= 0.6 is 0 Å². The quantitative estimate of drug-likeness (QED) is 0.434. The lowest BCUT2D eigenvalue weighted by Gasteiger charge is -2.06. The number of carbonyl (C=O) groups is 1. The van der Waals surface area contributed by atoms with Gasteiger partial charge >= 0.3 is 5.97 Å². The van der Waals surface area contributed by atoms with Gasteiger partial charge in [0, 0.05) is 16.8 Å². The van der Waals surface area contributed by atoms with E-state index in [2.05, 4.69) is 15.0 Å². The third-order valence-corrected chi connectivity index (χ3v) is 1.95. The zero-order chi connectivity index (χ0) is 12.0. The van der Waals surface area contributed by atoms with Crippen LogP contribution in [0.15, 0.2) is 23.4 Å². The van der Waals surface area contributed by atoms with E-state index >= 15 is 0 Å². The Morgan fingerprint density at radius 2 is 2.44 bits per heavy atom. The largest absolute Gasteiger partial charge is 0.480 e. The molecule has 0 spiro atoms. The number of rotatable bonds is 5. The second-order valence-electron chi connectivity index (χ2n) is 3.20. The summed E-state index contributed by atoms with van der Waals surface area (Å²) in [6, 6.07) is 2.47. The molecule has 1 aromatic heterocycles. The van der Waals surface area contributed by atoms with E-state index in [0.717, 1.165) is 5.56 Å². The molecule has 0 unspecified atom stereocenters. The standard InChI is InChI=1S/C9H11N5O2/c10-8(9(15)16)3-6-1-2-7(12-4-6)5-13-14-11/h1-2,4,8H,3,5,10H2,(H,15,16)/t8-/m0/s1. The molecule has 0 radical (unpaired) electrons. The predicted octanol–water partition coefficient (Wildman–Crippen LogP) is 0.846. The van der Waals surface area contributed by atoms with Crippen molar-refractivity contribution in [1.29, 1.82) is 0 Å². The van der Waals surface area contributed by atoms with E-state index in [1.54, 1.807) is 12.1 Å². The predicted molar refractivity (Wildman–Crippen MR) is 56.4 cm³/mol. The number of carboxylic acids is 1. The molecule has 16 heavy (non-hydrogen) atoms. The number of nitrogens with zero attached hydrogens (tertiary/aromatic N) is 4. The molecule has 0 saturated carbocycles. The molecular formula is C9H11N5O2. The molecule has 84 valence electrons. The first-order valence-electron chi connectivity index (χ1n) is 4.56. The van der Waals surface area contributed by atoms with Gasteiger partial charge in [0.15, 0.2) is 0 Å². The van der Waals surface area contributed by atoms with Gasteiger partial charge in [0.05, 0.1) is 6.54 Å². The minimum absolute atomic E-state index is 0.182. The average Bonchev–Trinajstić information content (AvgIpc) is 2.28. The lowest BCUT2D eigenvalue weighted by atomic mass is 10.1. The fraction of sp³-hybridized carbons (Fsp3) is 0.333. The van der Waals surface area contributed by atoms with E-state index in [9.17, 15) is 4.79 Å². The summed E-state index contributed by atoms with van der Waals surface area (Å²) in [4.78, 5) is 17.1. The van der Waals surface area contributed by atoms with Crippen molar-refractivity contribution in [3.8, 4) is 0 Å². The second kappa shape index (κ2) is 5.69. The van der Waals surface area contributed by atoms with Gasteiger partial charge in [0.25, 0.3) is 0 Å². The molecule has 7 nitrogen and oxygen atoms in total.